The van der Waals surface area contributed by atoms with E-state index in [1.807, 2.05) is 47.6 Å². The van der Waals surface area contributed by atoms with Crippen molar-refractivity contribution in [3.8, 4) is 11.3 Å². The third-order valence-corrected chi connectivity index (χ3v) is 8.33. The fourth-order valence-electron chi connectivity index (χ4n) is 5.62. The van der Waals surface area contributed by atoms with E-state index in [1.54, 1.807) is 24.1 Å². The number of nitrogens with one attached hydrogen (secondary N) is 3. The van der Waals surface area contributed by atoms with E-state index >= 15 is 8.78 Å². The van der Waals surface area contributed by atoms with E-state index in [9.17, 15) is 14.4 Å². The van der Waals surface area contributed by atoms with Gasteiger partial charge in [0.1, 0.15) is 22.9 Å². The van der Waals surface area contributed by atoms with E-state index < -0.39 is 22.9 Å². The van der Waals surface area contributed by atoms with Crippen molar-refractivity contribution >= 4 is 35.9 Å². The zero-order chi connectivity index (χ0) is 36.6. The van der Waals surface area contributed by atoms with Crippen molar-refractivity contribution in [1.82, 2.24) is 25.5 Å². The number of anilines is 3. The summed E-state index contributed by atoms with van der Waals surface area (Å²) in [6.07, 6.45) is 3.25. The summed E-state index contributed by atoms with van der Waals surface area (Å²) in [4.78, 5) is 50.4. The molecule has 1 aliphatic carbocycles. The number of likely N-dealkylation sites (tertiary alicyclic amines) is 1. The van der Waals surface area contributed by atoms with Crippen molar-refractivity contribution in [3.05, 3.63) is 64.7 Å². The topological polar surface area (TPSA) is 129 Å². The SMILES string of the molecule is CC.CNCc1c(-c2cc(C(=O)NCC3CC3)ccc2C)nc(NC2CCN(C(=O)OC(C)(C)C)CC2)nc1N(C=O)c1c(F)cccc1F. The highest BCUT2D eigenvalue weighted by Gasteiger charge is 2.30. The molecule has 1 aliphatic heterocycles. The van der Waals surface area contributed by atoms with Gasteiger partial charge in [-0.15, -0.1) is 0 Å². The van der Waals surface area contributed by atoms with Crippen molar-refractivity contribution in [2.75, 3.05) is 36.9 Å². The van der Waals surface area contributed by atoms with Gasteiger partial charge in [-0.25, -0.2) is 18.6 Å². The summed E-state index contributed by atoms with van der Waals surface area (Å²) in [5, 5.41) is 9.39. The predicted molar refractivity (Wildman–Crippen MR) is 190 cm³/mol. The van der Waals surface area contributed by atoms with Gasteiger partial charge in [-0.05, 0) is 96.2 Å². The molecule has 270 valence electrons. The van der Waals surface area contributed by atoms with Crippen LogP contribution in [0.2, 0.25) is 0 Å². The van der Waals surface area contributed by atoms with Crippen LogP contribution >= 0.6 is 0 Å². The Morgan fingerprint density at radius 3 is 2.28 bits per heavy atom. The molecule has 11 nitrogen and oxygen atoms in total. The lowest BCUT2D eigenvalue weighted by Gasteiger charge is -2.34. The molecule has 5 rings (SSSR count). The van der Waals surface area contributed by atoms with Gasteiger partial charge < -0.3 is 25.6 Å². The molecule has 2 aliphatic rings. The Labute approximate surface area is 293 Å². The summed E-state index contributed by atoms with van der Waals surface area (Å²) >= 11 is 0. The zero-order valence-corrected chi connectivity index (χ0v) is 30.0. The van der Waals surface area contributed by atoms with Crippen LogP contribution in [0.4, 0.5) is 31.0 Å². The minimum Gasteiger partial charge on any atom is -0.444 e. The van der Waals surface area contributed by atoms with E-state index in [1.165, 1.54) is 6.07 Å². The highest BCUT2D eigenvalue weighted by atomic mass is 19.1. The number of aryl methyl sites for hydroxylation is 1. The Hall–Kier alpha value is -4.65. The van der Waals surface area contributed by atoms with Gasteiger partial charge >= 0.3 is 6.09 Å². The Kier molecular flexibility index (Phi) is 12.9. The van der Waals surface area contributed by atoms with Gasteiger partial charge in [0.05, 0.1) is 5.69 Å². The van der Waals surface area contributed by atoms with E-state index in [2.05, 4.69) is 20.9 Å². The first-order valence-electron chi connectivity index (χ1n) is 17.3. The third-order valence-electron chi connectivity index (χ3n) is 8.33. The average molecular weight is 694 g/mol. The molecule has 0 unspecified atom stereocenters. The second kappa shape index (κ2) is 16.8. The minimum atomic E-state index is -0.938. The van der Waals surface area contributed by atoms with Gasteiger partial charge in [-0.2, -0.15) is 4.98 Å². The quantitative estimate of drug-likeness (QED) is 0.189. The van der Waals surface area contributed by atoms with Crippen molar-refractivity contribution in [1.29, 1.82) is 0 Å². The third kappa shape index (κ3) is 9.52. The van der Waals surface area contributed by atoms with Crippen LogP contribution in [0, 0.1) is 24.5 Å². The summed E-state index contributed by atoms with van der Waals surface area (Å²) in [5.74, 6) is -1.49. The number of hydrogen-bond acceptors (Lipinski definition) is 8. The number of aromatic nitrogens is 2. The molecular formula is C37H49F2N7O4. The number of halogens is 2. The molecule has 0 spiro atoms. The number of benzene rings is 2. The fourth-order valence-corrected chi connectivity index (χ4v) is 5.62. The molecule has 13 heteroatoms. The van der Waals surface area contributed by atoms with E-state index in [4.69, 9.17) is 9.72 Å². The van der Waals surface area contributed by atoms with Crippen LogP contribution in [0.5, 0.6) is 0 Å². The first-order chi connectivity index (χ1) is 23.9. The van der Waals surface area contributed by atoms with Gasteiger partial charge in [-0.1, -0.05) is 26.0 Å². The summed E-state index contributed by atoms with van der Waals surface area (Å²) in [5.41, 5.74) is 1.43. The first-order valence-corrected chi connectivity index (χ1v) is 17.3. The maximum atomic E-state index is 15.1. The number of amides is 3. The number of ether oxygens (including phenoxy) is 1. The molecule has 2 aromatic carbocycles. The van der Waals surface area contributed by atoms with Crippen LogP contribution in [0.3, 0.4) is 0 Å². The number of para-hydroxylation sites is 1. The highest BCUT2D eigenvalue weighted by molar-refractivity contribution is 5.96. The van der Waals surface area contributed by atoms with Crippen molar-refractivity contribution in [2.45, 2.75) is 85.4 Å². The molecule has 0 radical (unpaired) electrons. The van der Waals surface area contributed by atoms with Crippen LogP contribution in [-0.4, -0.2) is 71.6 Å². The maximum absolute atomic E-state index is 15.1. The second-order valence-electron chi connectivity index (χ2n) is 13.3. The molecule has 3 aromatic rings. The molecule has 2 fully saturated rings. The number of rotatable bonds is 11. The lowest BCUT2D eigenvalue weighted by Crippen LogP contribution is -2.44. The number of carbonyl (C=O) groups is 3. The number of carbonyl (C=O) groups excluding carboxylic acids is 3. The lowest BCUT2D eigenvalue weighted by atomic mass is 9.98. The Morgan fingerprint density at radius 1 is 1.04 bits per heavy atom. The Balaban J connectivity index is 0.00000276. The summed E-state index contributed by atoms with van der Waals surface area (Å²) in [6.45, 7) is 12.9. The molecule has 1 aromatic heterocycles. The summed E-state index contributed by atoms with van der Waals surface area (Å²) in [6, 6.07) is 8.50. The minimum absolute atomic E-state index is 0.0231. The van der Waals surface area contributed by atoms with E-state index in [-0.39, 0.29) is 36.4 Å². The van der Waals surface area contributed by atoms with Crippen LogP contribution in [0.15, 0.2) is 36.4 Å². The van der Waals surface area contributed by atoms with Gasteiger partial charge in [0.2, 0.25) is 12.4 Å². The van der Waals surface area contributed by atoms with Crippen LogP contribution in [-0.2, 0) is 16.1 Å². The predicted octanol–water partition coefficient (Wildman–Crippen LogP) is 6.72. The van der Waals surface area contributed by atoms with Gasteiger partial charge in [0.15, 0.2) is 5.82 Å². The molecule has 0 atom stereocenters. The fraction of sp³-hybridized carbons (Fsp3) is 0.486. The number of piperidine rings is 1. The lowest BCUT2D eigenvalue weighted by molar-refractivity contribution is -0.106. The number of hydrogen-bond donors (Lipinski definition) is 3. The number of nitrogens with zero attached hydrogens (tertiary/aromatic N) is 4. The zero-order valence-electron chi connectivity index (χ0n) is 30.0. The van der Waals surface area contributed by atoms with Crippen molar-refractivity contribution in [2.24, 2.45) is 5.92 Å². The standard InChI is InChI=1S/C35H43F2N7O4.C2H6/c1-21-9-12-23(32(46)39-18-22-10-11-22)17-25(21)29-26(19-38-5)31(44(20-45)30-27(36)7-6-8-28(30)37)42-33(41-29)40-24-13-15-43(16-14-24)34(47)48-35(2,3)4;1-2/h6-9,12,17,20,22,24,38H,10-11,13-16,18-19H2,1-5H3,(H,39,46)(H,40,41,42);1-2H3. The summed E-state index contributed by atoms with van der Waals surface area (Å²) in [7, 11) is 1.70. The highest BCUT2D eigenvalue weighted by Crippen LogP contribution is 2.37. The molecular weight excluding hydrogens is 644 g/mol. The molecule has 0 bridgehead atoms. The Morgan fingerprint density at radius 2 is 1.70 bits per heavy atom. The summed E-state index contributed by atoms with van der Waals surface area (Å²) < 4.78 is 35.8. The van der Waals surface area contributed by atoms with Crippen molar-refractivity contribution in [3.63, 3.8) is 0 Å². The molecule has 2 heterocycles. The first kappa shape index (κ1) is 38.2. The van der Waals surface area contributed by atoms with Crippen LogP contribution in [0.1, 0.15) is 81.8 Å². The average Bonchev–Trinajstić information content (AvgIpc) is 3.92. The molecule has 3 N–H and O–H groups in total. The molecule has 50 heavy (non-hydrogen) atoms. The van der Waals surface area contributed by atoms with Crippen LogP contribution in [0.25, 0.3) is 11.3 Å². The van der Waals surface area contributed by atoms with Crippen molar-refractivity contribution < 1.29 is 27.9 Å². The normalized spacial score (nSPS) is 14.7. The molecule has 1 saturated carbocycles. The Bertz CT molecular complexity index is 1650. The van der Waals surface area contributed by atoms with Crippen LogP contribution < -0.4 is 20.9 Å². The molecule has 3 amide bonds. The van der Waals surface area contributed by atoms with E-state index in [0.29, 0.717) is 67.2 Å². The second-order valence-corrected chi connectivity index (χ2v) is 13.3. The van der Waals surface area contributed by atoms with Gasteiger partial charge in [-0.3, -0.25) is 14.5 Å². The van der Waals surface area contributed by atoms with E-state index in [0.717, 1.165) is 35.4 Å². The van der Waals surface area contributed by atoms with Gasteiger partial charge in [0, 0.05) is 48.9 Å². The van der Waals surface area contributed by atoms with Gasteiger partial charge in [0.25, 0.3) is 5.91 Å². The molecule has 1 saturated heterocycles. The smallest absolute Gasteiger partial charge is 0.410 e. The monoisotopic (exact) mass is 693 g/mol. The largest absolute Gasteiger partial charge is 0.444 e. The maximum Gasteiger partial charge on any atom is 0.410 e.